The second-order valence-electron chi connectivity index (χ2n) is 6.73. The summed E-state index contributed by atoms with van der Waals surface area (Å²) in [5.74, 6) is -1.66. The van der Waals surface area contributed by atoms with Crippen LogP contribution in [0.25, 0.3) is 0 Å². The number of carbonyl (C=O) groups excluding carboxylic acids is 2. The van der Waals surface area contributed by atoms with Crippen LogP contribution in [0, 0.1) is 6.92 Å². The monoisotopic (exact) mass is 529 g/mol. The molecule has 7 nitrogen and oxygen atoms in total. The van der Waals surface area contributed by atoms with Crippen molar-refractivity contribution in [1.82, 2.24) is 15.4 Å². The summed E-state index contributed by atoms with van der Waals surface area (Å²) in [6.45, 7) is 1.57. The minimum Gasteiger partial charge on any atom is -0.320 e. The van der Waals surface area contributed by atoms with Crippen LogP contribution >= 0.6 is 34.8 Å². The van der Waals surface area contributed by atoms with E-state index in [0.29, 0.717) is 23.4 Å². The number of anilines is 1. The molecular weight excluding hydrogens is 518 g/mol. The highest BCUT2D eigenvalue weighted by molar-refractivity contribution is 6.34. The van der Waals surface area contributed by atoms with Crippen molar-refractivity contribution in [3.63, 3.8) is 0 Å². The molecular formula is C21H13Cl3F3N5O2. The van der Waals surface area contributed by atoms with Crippen LogP contribution in [-0.4, -0.2) is 28.0 Å². The Balaban J connectivity index is 1.86. The van der Waals surface area contributed by atoms with Gasteiger partial charge in [-0.15, -0.1) is 0 Å². The molecule has 0 bridgehead atoms. The van der Waals surface area contributed by atoms with Crippen molar-refractivity contribution in [2.45, 2.75) is 13.1 Å². The average molecular weight is 531 g/mol. The first-order valence-corrected chi connectivity index (χ1v) is 10.4. The van der Waals surface area contributed by atoms with Crippen LogP contribution in [0.5, 0.6) is 0 Å². The molecule has 34 heavy (non-hydrogen) atoms. The van der Waals surface area contributed by atoms with Gasteiger partial charge in [-0.3, -0.25) is 9.59 Å². The van der Waals surface area contributed by atoms with Gasteiger partial charge in [0.1, 0.15) is 10.8 Å². The van der Waals surface area contributed by atoms with Crippen molar-refractivity contribution in [3.05, 3.63) is 85.9 Å². The summed E-state index contributed by atoms with van der Waals surface area (Å²) in [5, 5.41) is 6.13. The van der Waals surface area contributed by atoms with Gasteiger partial charge in [-0.1, -0.05) is 34.8 Å². The lowest BCUT2D eigenvalue weighted by Crippen LogP contribution is -2.23. The number of hydrazone groups is 1. The molecule has 2 aromatic heterocycles. The predicted molar refractivity (Wildman–Crippen MR) is 123 cm³/mol. The molecule has 0 radical (unpaired) electrons. The van der Waals surface area contributed by atoms with Crippen LogP contribution < -0.4 is 10.7 Å². The molecule has 0 atom stereocenters. The minimum absolute atomic E-state index is 0.0410. The van der Waals surface area contributed by atoms with Gasteiger partial charge in [0.25, 0.3) is 11.8 Å². The molecule has 13 heteroatoms. The molecule has 2 heterocycles. The standard InChI is InChI=1S/C21H13Cl3F3N5O2/c1-10-5-13(22)7-14(19(33)32-30-8-11-3-2-4-28-18(11)24)16(10)31-20(34)17-15(23)6-12(9-29-17)21(25,26)27/h2-9H,1H3,(H,31,34)(H,32,33). The largest absolute Gasteiger partial charge is 0.417 e. The van der Waals surface area contributed by atoms with Crippen molar-refractivity contribution in [2.75, 3.05) is 5.32 Å². The van der Waals surface area contributed by atoms with Gasteiger partial charge in [-0.2, -0.15) is 18.3 Å². The Morgan fingerprint density at radius 1 is 1.09 bits per heavy atom. The van der Waals surface area contributed by atoms with E-state index in [0.717, 1.165) is 0 Å². The van der Waals surface area contributed by atoms with Gasteiger partial charge in [0.05, 0.1) is 28.1 Å². The molecule has 3 rings (SSSR count). The number of benzene rings is 1. The van der Waals surface area contributed by atoms with E-state index in [4.69, 9.17) is 34.8 Å². The molecule has 0 aliphatic heterocycles. The summed E-state index contributed by atoms with van der Waals surface area (Å²) in [4.78, 5) is 32.8. The summed E-state index contributed by atoms with van der Waals surface area (Å²) in [6.07, 6.45) is -1.43. The number of nitrogens with zero attached hydrogens (tertiary/aromatic N) is 3. The fourth-order valence-electron chi connectivity index (χ4n) is 2.74. The minimum atomic E-state index is -4.68. The van der Waals surface area contributed by atoms with Crippen LogP contribution in [0.2, 0.25) is 15.2 Å². The number of aryl methyl sites for hydroxylation is 1. The lowest BCUT2D eigenvalue weighted by atomic mass is 10.1. The van der Waals surface area contributed by atoms with Crippen molar-refractivity contribution in [3.8, 4) is 0 Å². The summed E-state index contributed by atoms with van der Waals surface area (Å²) < 4.78 is 38.5. The van der Waals surface area contributed by atoms with E-state index in [1.807, 2.05) is 0 Å². The number of carbonyl (C=O) groups is 2. The maximum atomic E-state index is 12.8. The third kappa shape index (κ3) is 6.02. The zero-order valence-electron chi connectivity index (χ0n) is 17.0. The maximum Gasteiger partial charge on any atom is 0.417 e. The van der Waals surface area contributed by atoms with Crippen LogP contribution in [0.1, 0.15) is 37.5 Å². The zero-order chi connectivity index (χ0) is 25.0. The number of alkyl halides is 3. The number of pyridine rings is 2. The summed E-state index contributed by atoms with van der Waals surface area (Å²) in [5.41, 5.74) is 1.54. The number of rotatable bonds is 5. The van der Waals surface area contributed by atoms with E-state index >= 15 is 0 Å². The molecule has 0 spiro atoms. The lowest BCUT2D eigenvalue weighted by Gasteiger charge is -2.14. The van der Waals surface area contributed by atoms with E-state index in [-0.39, 0.29) is 21.4 Å². The quantitative estimate of drug-likeness (QED) is 0.248. The Morgan fingerprint density at radius 2 is 1.82 bits per heavy atom. The van der Waals surface area contributed by atoms with Crippen LogP contribution in [-0.2, 0) is 6.18 Å². The molecule has 0 fully saturated rings. The fourth-order valence-corrected chi connectivity index (χ4v) is 3.43. The Kier molecular flexibility index (Phi) is 7.75. The van der Waals surface area contributed by atoms with Gasteiger partial charge in [0.15, 0.2) is 0 Å². The molecule has 2 N–H and O–H groups in total. The Labute approximate surface area is 206 Å². The Morgan fingerprint density at radius 3 is 2.47 bits per heavy atom. The lowest BCUT2D eigenvalue weighted by molar-refractivity contribution is -0.137. The van der Waals surface area contributed by atoms with Crippen molar-refractivity contribution < 1.29 is 22.8 Å². The van der Waals surface area contributed by atoms with E-state index in [2.05, 4.69) is 25.8 Å². The first-order valence-electron chi connectivity index (χ1n) is 9.25. The Bertz CT molecular complexity index is 1300. The third-order valence-electron chi connectivity index (χ3n) is 4.32. The fraction of sp³-hybridized carbons (Fsp3) is 0.0952. The first-order chi connectivity index (χ1) is 16.0. The predicted octanol–water partition coefficient (Wildman–Crippen LogP) is 5.78. The van der Waals surface area contributed by atoms with Crippen LogP contribution in [0.4, 0.5) is 18.9 Å². The molecule has 0 saturated carbocycles. The molecule has 2 amide bonds. The molecule has 1 aromatic carbocycles. The molecule has 3 aromatic rings. The second-order valence-corrected chi connectivity index (χ2v) is 7.94. The SMILES string of the molecule is Cc1cc(Cl)cc(C(=O)NN=Cc2cccnc2Cl)c1NC(=O)c1ncc(C(F)(F)F)cc1Cl. The van der Waals surface area contributed by atoms with Gasteiger partial charge < -0.3 is 5.32 Å². The summed E-state index contributed by atoms with van der Waals surface area (Å²) >= 11 is 17.8. The average Bonchev–Trinajstić information content (AvgIpc) is 2.75. The van der Waals surface area contributed by atoms with Crippen molar-refractivity contribution in [1.29, 1.82) is 0 Å². The molecule has 0 saturated heterocycles. The van der Waals surface area contributed by atoms with Crippen molar-refractivity contribution in [2.24, 2.45) is 5.10 Å². The number of nitrogens with one attached hydrogen (secondary N) is 2. The third-order valence-corrected chi connectivity index (χ3v) is 5.15. The van der Waals surface area contributed by atoms with Gasteiger partial charge >= 0.3 is 6.18 Å². The van der Waals surface area contributed by atoms with Gasteiger partial charge in [0, 0.05) is 23.0 Å². The molecule has 0 aliphatic rings. The summed E-state index contributed by atoms with van der Waals surface area (Å²) in [6, 6.07) is 6.61. The number of halogens is 6. The van der Waals surface area contributed by atoms with Crippen LogP contribution in [0.3, 0.4) is 0 Å². The highest BCUT2D eigenvalue weighted by Crippen LogP contribution is 2.32. The van der Waals surface area contributed by atoms with Gasteiger partial charge in [0.2, 0.25) is 0 Å². The first kappa shape index (κ1) is 25.4. The van der Waals surface area contributed by atoms with E-state index in [1.165, 1.54) is 24.5 Å². The molecule has 0 unspecified atom stereocenters. The highest BCUT2D eigenvalue weighted by atomic mass is 35.5. The number of aromatic nitrogens is 2. The number of hydrogen-bond acceptors (Lipinski definition) is 5. The van der Waals surface area contributed by atoms with Crippen LogP contribution in [0.15, 0.2) is 47.8 Å². The van der Waals surface area contributed by atoms with E-state index in [1.54, 1.807) is 19.1 Å². The van der Waals surface area contributed by atoms with Crippen molar-refractivity contribution >= 4 is 58.5 Å². The maximum absolute atomic E-state index is 12.8. The second kappa shape index (κ2) is 10.4. The van der Waals surface area contributed by atoms with Gasteiger partial charge in [-0.05, 0) is 42.8 Å². The van der Waals surface area contributed by atoms with E-state index in [9.17, 15) is 22.8 Å². The molecule has 176 valence electrons. The number of amides is 2. The van der Waals surface area contributed by atoms with Gasteiger partial charge in [-0.25, -0.2) is 15.4 Å². The smallest absolute Gasteiger partial charge is 0.320 e. The molecule has 0 aliphatic carbocycles. The van der Waals surface area contributed by atoms with E-state index < -0.39 is 34.3 Å². The number of hydrogen-bond donors (Lipinski definition) is 2. The highest BCUT2D eigenvalue weighted by Gasteiger charge is 2.32. The topological polar surface area (TPSA) is 96.3 Å². The normalized spacial score (nSPS) is 11.5. The summed E-state index contributed by atoms with van der Waals surface area (Å²) in [7, 11) is 0. The Hall–Kier alpha value is -3.21. The zero-order valence-corrected chi connectivity index (χ0v) is 19.3.